The summed E-state index contributed by atoms with van der Waals surface area (Å²) >= 11 is 0. The molecule has 2 heterocycles. The number of hydrogen-bond donors (Lipinski definition) is 1. The second-order valence-corrected chi connectivity index (χ2v) is 6.19. The predicted molar refractivity (Wildman–Crippen MR) is 76.6 cm³/mol. The Balaban J connectivity index is 2.14. The molecular weight excluding hydrogens is 256 g/mol. The van der Waals surface area contributed by atoms with Crippen LogP contribution in [0.25, 0.3) is 0 Å². The Hall–Kier alpha value is -1.69. The Morgan fingerprint density at radius 1 is 1.40 bits per heavy atom. The van der Waals surface area contributed by atoms with Gasteiger partial charge in [-0.3, -0.25) is 14.5 Å². The van der Waals surface area contributed by atoms with Crippen LogP contribution in [0.4, 0.5) is 5.82 Å². The van der Waals surface area contributed by atoms with Gasteiger partial charge in [0.2, 0.25) is 5.91 Å². The first kappa shape index (κ1) is 14.7. The maximum atomic E-state index is 12.5. The fourth-order valence-corrected chi connectivity index (χ4v) is 2.67. The van der Waals surface area contributed by atoms with Crippen LogP contribution in [0.1, 0.15) is 45.3 Å². The van der Waals surface area contributed by atoms with Crippen molar-refractivity contribution in [3.63, 3.8) is 0 Å². The van der Waals surface area contributed by atoms with Gasteiger partial charge in [0, 0.05) is 24.7 Å². The summed E-state index contributed by atoms with van der Waals surface area (Å²) in [6.45, 7) is 8.69. The van der Waals surface area contributed by atoms with E-state index < -0.39 is 0 Å². The largest absolute Gasteiger partial charge is 0.309 e. The highest BCUT2D eigenvalue weighted by Gasteiger charge is 2.38. The molecule has 6 heteroatoms. The van der Waals surface area contributed by atoms with Gasteiger partial charge in [0.15, 0.2) is 5.82 Å². The molecule has 1 unspecified atom stereocenters. The van der Waals surface area contributed by atoms with E-state index in [2.05, 4.69) is 36.1 Å². The van der Waals surface area contributed by atoms with Crippen molar-refractivity contribution in [3.8, 4) is 0 Å². The van der Waals surface area contributed by atoms with Crippen LogP contribution in [0.2, 0.25) is 0 Å². The van der Waals surface area contributed by atoms with Gasteiger partial charge in [0.05, 0.1) is 6.04 Å². The molecule has 0 bridgehead atoms. The van der Waals surface area contributed by atoms with Crippen molar-refractivity contribution < 1.29 is 9.59 Å². The number of amides is 1. The molecule has 1 fully saturated rings. The van der Waals surface area contributed by atoms with E-state index in [9.17, 15) is 9.59 Å². The summed E-state index contributed by atoms with van der Waals surface area (Å²) in [4.78, 5) is 25.7. The topological polar surface area (TPSA) is 67.2 Å². The molecule has 1 saturated heterocycles. The van der Waals surface area contributed by atoms with Gasteiger partial charge in [-0.15, -0.1) is 5.10 Å². The lowest BCUT2D eigenvalue weighted by atomic mass is 10.0. The Kier molecular flexibility index (Phi) is 3.94. The number of nitrogens with one attached hydrogen (secondary N) is 1. The summed E-state index contributed by atoms with van der Waals surface area (Å²) < 4.78 is 1.33. The van der Waals surface area contributed by atoms with Crippen LogP contribution in [0, 0.1) is 0 Å². The van der Waals surface area contributed by atoms with Crippen LogP contribution in [0.15, 0.2) is 12.3 Å². The van der Waals surface area contributed by atoms with Crippen LogP contribution >= 0.6 is 0 Å². The number of anilines is 1. The Morgan fingerprint density at radius 2 is 2.10 bits per heavy atom. The highest BCUT2D eigenvalue weighted by molar-refractivity contribution is 5.88. The van der Waals surface area contributed by atoms with Crippen molar-refractivity contribution in [2.24, 2.45) is 0 Å². The lowest BCUT2D eigenvalue weighted by molar-refractivity contribution is -0.114. The molecule has 1 atom stereocenters. The van der Waals surface area contributed by atoms with Gasteiger partial charge in [0.25, 0.3) is 5.91 Å². The molecule has 0 aromatic carbocycles. The van der Waals surface area contributed by atoms with Gasteiger partial charge in [-0.1, -0.05) is 0 Å². The van der Waals surface area contributed by atoms with Crippen LogP contribution in [-0.4, -0.2) is 44.6 Å². The normalized spacial score (nSPS) is 20.1. The summed E-state index contributed by atoms with van der Waals surface area (Å²) in [5.74, 6) is 0.181. The lowest BCUT2D eigenvalue weighted by Gasteiger charge is -2.35. The fourth-order valence-electron chi connectivity index (χ4n) is 2.67. The molecular formula is C14H22N4O2. The van der Waals surface area contributed by atoms with E-state index in [1.165, 1.54) is 11.6 Å². The highest BCUT2D eigenvalue weighted by atomic mass is 16.2. The third-order valence-electron chi connectivity index (χ3n) is 3.52. The monoisotopic (exact) mass is 278 g/mol. The second kappa shape index (κ2) is 5.36. The summed E-state index contributed by atoms with van der Waals surface area (Å²) in [5, 5.41) is 6.70. The minimum Gasteiger partial charge on any atom is -0.309 e. The van der Waals surface area contributed by atoms with Gasteiger partial charge < -0.3 is 5.32 Å². The van der Waals surface area contributed by atoms with E-state index in [0.717, 1.165) is 19.4 Å². The van der Waals surface area contributed by atoms with Crippen LogP contribution in [-0.2, 0) is 4.79 Å². The molecule has 0 radical (unpaired) electrons. The zero-order valence-electron chi connectivity index (χ0n) is 12.5. The molecule has 110 valence electrons. The first-order valence-electron chi connectivity index (χ1n) is 6.93. The summed E-state index contributed by atoms with van der Waals surface area (Å²) in [6.07, 6.45) is 3.48. The first-order chi connectivity index (χ1) is 9.29. The van der Waals surface area contributed by atoms with Crippen LogP contribution < -0.4 is 5.32 Å². The van der Waals surface area contributed by atoms with Gasteiger partial charge in [-0.05, 0) is 40.2 Å². The first-order valence-corrected chi connectivity index (χ1v) is 6.93. The zero-order valence-corrected chi connectivity index (χ0v) is 12.5. The Morgan fingerprint density at radius 3 is 2.70 bits per heavy atom. The molecule has 1 aromatic rings. The number of likely N-dealkylation sites (tertiary alicyclic amines) is 1. The van der Waals surface area contributed by atoms with E-state index in [0.29, 0.717) is 5.82 Å². The van der Waals surface area contributed by atoms with Crippen LogP contribution in [0.5, 0.6) is 0 Å². The minimum atomic E-state index is -0.195. The minimum absolute atomic E-state index is 0.0333. The molecule has 1 N–H and O–H groups in total. The summed E-state index contributed by atoms with van der Waals surface area (Å²) in [5.41, 5.74) is -0.0373. The number of carbonyl (C=O) groups excluding carboxylic acids is 2. The Bertz CT molecular complexity index is 515. The molecule has 2 rings (SSSR count). The molecule has 0 spiro atoms. The lowest BCUT2D eigenvalue weighted by Crippen LogP contribution is -2.49. The van der Waals surface area contributed by atoms with Gasteiger partial charge in [0.1, 0.15) is 0 Å². The second-order valence-electron chi connectivity index (χ2n) is 6.19. The highest BCUT2D eigenvalue weighted by Crippen LogP contribution is 2.27. The van der Waals surface area contributed by atoms with E-state index >= 15 is 0 Å². The molecule has 6 nitrogen and oxygen atoms in total. The van der Waals surface area contributed by atoms with E-state index in [-0.39, 0.29) is 23.4 Å². The predicted octanol–water partition coefficient (Wildman–Crippen LogP) is 1.74. The van der Waals surface area contributed by atoms with Crippen molar-refractivity contribution in [1.29, 1.82) is 0 Å². The van der Waals surface area contributed by atoms with Crippen molar-refractivity contribution in [3.05, 3.63) is 12.3 Å². The molecule has 1 amide bonds. The van der Waals surface area contributed by atoms with Gasteiger partial charge >= 0.3 is 0 Å². The summed E-state index contributed by atoms with van der Waals surface area (Å²) in [7, 11) is 0. The van der Waals surface area contributed by atoms with Crippen molar-refractivity contribution in [2.75, 3.05) is 11.9 Å². The van der Waals surface area contributed by atoms with E-state index in [1.54, 1.807) is 12.3 Å². The number of carbonyl (C=O) groups is 2. The Labute approximate surface area is 119 Å². The van der Waals surface area contributed by atoms with E-state index in [1.807, 2.05) is 0 Å². The smallest absolute Gasteiger partial charge is 0.264 e. The van der Waals surface area contributed by atoms with Crippen molar-refractivity contribution in [1.82, 2.24) is 14.7 Å². The number of hydrogen-bond acceptors (Lipinski definition) is 4. The van der Waals surface area contributed by atoms with Gasteiger partial charge in [-0.2, -0.15) is 0 Å². The molecule has 1 aliphatic heterocycles. The summed E-state index contributed by atoms with van der Waals surface area (Å²) in [6, 6.07) is 1.50. The molecule has 1 aliphatic rings. The fraction of sp³-hybridized carbons (Fsp3) is 0.643. The third-order valence-corrected chi connectivity index (χ3v) is 3.52. The third kappa shape index (κ3) is 3.07. The van der Waals surface area contributed by atoms with Gasteiger partial charge in [-0.25, -0.2) is 4.68 Å². The number of rotatable bonds is 2. The zero-order chi connectivity index (χ0) is 14.9. The maximum absolute atomic E-state index is 12.5. The van der Waals surface area contributed by atoms with E-state index in [4.69, 9.17) is 0 Å². The van der Waals surface area contributed by atoms with Crippen molar-refractivity contribution >= 4 is 17.6 Å². The average molecular weight is 278 g/mol. The maximum Gasteiger partial charge on any atom is 0.264 e. The van der Waals surface area contributed by atoms with Crippen LogP contribution in [0.3, 0.4) is 0 Å². The molecule has 0 saturated carbocycles. The SMILES string of the molecule is CC(=O)Nc1ccn(C(=O)C2CCCN2C(C)(C)C)n1. The molecule has 1 aromatic heterocycles. The molecule has 0 aliphatic carbocycles. The number of nitrogens with zero attached hydrogens (tertiary/aromatic N) is 3. The van der Waals surface area contributed by atoms with Crippen molar-refractivity contribution in [2.45, 2.75) is 52.1 Å². The standard InChI is InChI=1S/C14H22N4O2/c1-10(19)15-12-7-9-18(16-12)13(20)11-6-5-8-17(11)14(2,3)4/h7,9,11H,5-6,8H2,1-4H3,(H,15,16,19). The molecule has 20 heavy (non-hydrogen) atoms. The quantitative estimate of drug-likeness (QED) is 0.895. The number of aromatic nitrogens is 2. The average Bonchev–Trinajstić information content (AvgIpc) is 2.93.